The number of unbranched alkanes of at least 4 members (excludes halogenated alkanes) is 4. The maximum Gasteiger partial charge on any atom is 0.191 e. The van der Waals surface area contributed by atoms with Gasteiger partial charge in [-0.05, 0) is 45.6 Å². The van der Waals surface area contributed by atoms with Gasteiger partial charge in [0.05, 0.1) is 14.2 Å². The van der Waals surface area contributed by atoms with Crippen molar-refractivity contribution in [3.05, 3.63) is 23.8 Å². The summed E-state index contributed by atoms with van der Waals surface area (Å²) >= 11 is 0. The van der Waals surface area contributed by atoms with Crippen LogP contribution in [0.15, 0.2) is 23.2 Å². The van der Waals surface area contributed by atoms with Gasteiger partial charge in [-0.15, -0.1) is 0 Å². The van der Waals surface area contributed by atoms with E-state index in [2.05, 4.69) is 34.6 Å². The summed E-state index contributed by atoms with van der Waals surface area (Å²) in [5.74, 6) is 2.42. The number of benzene rings is 1. The Hall–Kier alpha value is -1.95. The first kappa shape index (κ1) is 22.1. The second kappa shape index (κ2) is 13.3. The summed E-state index contributed by atoms with van der Waals surface area (Å²) < 4.78 is 10.7. The predicted molar refractivity (Wildman–Crippen MR) is 109 cm³/mol. The summed E-state index contributed by atoms with van der Waals surface area (Å²) in [7, 11) is 9.38. The Balaban J connectivity index is 2.25. The molecule has 0 unspecified atom stereocenters. The molecule has 0 spiro atoms. The molecule has 6 heteroatoms. The van der Waals surface area contributed by atoms with Gasteiger partial charge >= 0.3 is 0 Å². The number of aliphatic imine (C=N–C) groups is 1. The number of guanidine groups is 1. The SMILES string of the molecule is CN=C(NCCCCCCCN(C)C)NCc1ccc(OC)cc1OC. The van der Waals surface area contributed by atoms with E-state index in [-0.39, 0.29) is 0 Å². The Morgan fingerprint density at radius 1 is 1.00 bits per heavy atom. The fourth-order valence-corrected chi connectivity index (χ4v) is 2.69. The van der Waals surface area contributed by atoms with Crippen LogP contribution in [0.4, 0.5) is 0 Å². The highest BCUT2D eigenvalue weighted by atomic mass is 16.5. The highest BCUT2D eigenvalue weighted by molar-refractivity contribution is 5.79. The van der Waals surface area contributed by atoms with Crippen molar-refractivity contribution in [3.8, 4) is 11.5 Å². The number of ether oxygens (including phenoxy) is 2. The Morgan fingerprint density at radius 2 is 1.73 bits per heavy atom. The van der Waals surface area contributed by atoms with Crippen molar-refractivity contribution in [1.82, 2.24) is 15.5 Å². The van der Waals surface area contributed by atoms with Crippen molar-refractivity contribution < 1.29 is 9.47 Å². The van der Waals surface area contributed by atoms with Crippen LogP contribution in [0.5, 0.6) is 11.5 Å². The van der Waals surface area contributed by atoms with Gasteiger partial charge in [-0.25, -0.2) is 0 Å². The monoisotopic (exact) mass is 364 g/mol. The van der Waals surface area contributed by atoms with Crippen LogP contribution in [0.1, 0.15) is 37.7 Å². The number of hydrogen-bond donors (Lipinski definition) is 2. The highest BCUT2D eigenvalue weighted by Gasteiger charge is 2.06. The Bertz CT molecular complexity index is 533. The third-order valence-electron chi connectivity index (χ3n) is 4.24. The lowest BCUT2D eigenvalue weighted by Crippen LogP contribution is -2.37. The van der Waals surface area contributed by atoms with Gasteiger partial charge in [0.25, 0.3) is 0 Å². The maximum atomic E-state index is 5.43. The third kappa shape index (κ3) is 8.94. The first-order chi connectivity index (χ1) is 12.6. The summed E-state index contributed by atoms with van der Waals surface area (Å²) in [6.07, 6.45) is 6.30. The summed E-state index contributed by atoms with van der Waals surface area (Å²) in [4.78, 5) is 6.53. The third-order valence-corrected chi connectivity index (χ3v) is 4.24. The average Bonchev–Trinajstić information content (AvgIpc) is 2.65. The molecule has 148 valence electrons. The summed E-state index contributed by atoms with van der Waals surface area (Å²) in [5.41, 5.74) is 1.07. The molecule has 0 bridgehead atoms. The molecule has 0 aliphatic heterocycles. The van der Waals surface area contributed by atoms with Crippen LogP contribution in [-0.4, -0.2) is 59.3 Å². The maximum absolute atomic E-state index is 5.43. The molecule has 6 nitrogen and oxygen atoms in total. The molecule has 0 aromatic heterocycles. The van der Waals surface area contributed by atoms with E-state index >= 15 is 0 Å². The molecule has 26 heavy (non-hydrogen) atoms. The van der Waals surface area contributed by atoms with Crippen molar-refractivity contribution in [2.45, 2.75) is 38.6 Å². The molecular formula is C20H36N4O2. The van der Waals surface area contributed by atoms with Crippen LogP contribution in [0.25, 0.3) is 0 Å². The molecule has 0 fully saturated rings. The van der Waals surface area contributed by atoms with E-state index in [0.717, 1.165) is 36.0 Å². The van der Waals surface area contributed by atoms with Crippen LogP contribution in [0.2, 0.25) is 0 Å². The van der Waals surface area contributed by atoms with Crippen molar-refractivity contribution in [2.24, 2.45) is 4.99 Å². The van der Waals surface area contributed by atoms with Crippen molar-refractivity contribution in [3.63, 3.8) is 0 Å². The van der Waals surface area contributed by atoms with Crippen LogP contribution in [0.3, 0.4) is 0 Å². The van der Waals surface area contributed by atoms with Gasteiger partial charge < -0.3 is 25.0 Å². The Labute approximate surface area is 159 Å². The van der Waals surface area contributed by atoms with Gasteiger partial charge in [0.15, 0.2) is 5.96 Å². The van der Waals surface area contributed by atoms with Crippen molar-refractivity contribution >= 4 is 5.96 Å². The fourth-order valence-electron chi connectivity index (χ4n) is 2.69. The van der Waals surface area contributed by atoms with Crippen LogP contribution in [-0.2, 0) is 6.54 Å². The number of methoxy groups -OCH3 is 2. The number of rotatable bonds is 12. The van der Waals surface area contributed by atoms with E-state index in [4.69, 9.17) is 9.47 Å². The molecule has 0 saturated heterocycles. The van der Waals surface area contributed by atoms with Crippen molar-refractivity contribution in [1.29, 1.82) is 0 Å². The van der Waals surface area contributed by atoms with E-state index in [1.165, 1.54) is 32.2 Å². The standard InChI is InChI=1S/C20H36N4O2/c1-21-20(22-13-9-7-6-8-10-14-24(2)3)23-16-17-11-12-18(25-4)15-19(17)26-5/h11-12,15H,6-10,13-14,16H2,1-5H3,(H2,21,22,23). The lowest BCUT2D eigenvalue weighted by molar-refractivity contribution is 0.389. The first-order valence-electron chi connectivity index (χ1n) is 9.40. The van der Waals surface area contributed by atoms with E-state index in [9.17, 15) is 0 Å². The average molecular weight is 365 g/mol. The minimum absolute atomic E-state index is 0.650. The topological polar surface area (TPSA) is 58.1 Å². The minimum Gasteiger partial charge on any atom is -0.497 e. The zero-order valence-electron chi connectivity index (χ0n) is 17.1. The highest BCUT2D eigenvalue weighted by Crippen LogP contribution is 2.24. The molecule has 0 aliphatic rings. The Kier molecular flexibility index (Phi) is 11.3. The lowest BCUT2D eigenvalue weighted by Gasteiger charge is -2.14. The molecule has 0 aliphatic carbocycles. The largest absolute Gasteiger partial charge is 0.497 e. The van der Waals surface area contributed by atoms with E-state index in [1.54, 1.807) is 21.3 Å². The van der Waals surface area contributed by atoms with E-state index < -0.39 is 0 Å². The van der Waals surface area contributed by atoms with Gasteiger partial charge in [-0.3, -0.25) is 4.99 Å². The van der Waals surface area contributed by atoms with Gasteiger partial charge in [0.1, 0.15) is 11.5 Å². The fraction of sp³-hybridized carbons (Fsp3) is 0.650. The van der Waals surface area contributed by atoms with Gasteiger partial charge in [-0.2, -0.15) is 0 Å². The van der Waals surface area contributed by atoms with Gasteiger partial charge in [0, 0.05) is 31.8 Å². The second-order valence-corrected chi connectivity index (χ2v) is 6.60. The Morgan fingerprint density at radius 3 is 2.38 bits per heavy atom. The number of hydrogen-bond acceptors (Lipinski definition) is 4. The van der Waals surface area contributed by atoms with Gasteiger partial charge in [-0.1, -0.05) is 19.3 Å². The normalized spacial score (nSPS) is 11.5. The molecule has 1 rings (SSSR count). The summed E-state index contributed by atoms with van der Waals surface area (Å²) in [6.45, 7) is 2.77. The van der Waals surface area contributed by atoms with E-state index in [1.807, 2.05) is 18.2 Å². The molecule has 0 amide bonds. The lowest BCUT2D eigenvalue weighted by atomic mass is 10.1. The summed E-state index contributed by atoms with van der Waals surface area (Å²) in [6, 6.07) is 5.83. The minimum atomic E-state index is 0.650. The van der Waals surface area contributed by atoms with Crippen LogP contribution < -0.4 is 20.1 Å². The number of nitrogens with one attached hydrogen (secondary N) is 2. The number of nitrogens with zero attached hydrogens (tertiary/aromatic N) is 2. The molecule has 0 heterocycles. The zero-order chi connectivity index (χ0) is 19.2. The van der Waals surface area contributed by atoms with Gasteiger partial charge in [0.2, 0.25) is 0 Å². The first-order valence-corrected chi connectivity index (χ1v) is 9.40. The molecule has 0 saturated carbocycles. The molecule has 1 aromatic carbocycles. The molecule has 2 N–H and O–H groups in total. The predicted octanol–water partition coefficient (Wildman–Crippen LogP) is 2.88. The molecule has 0 atom stereocenters. The molecule has 0 radical (unpaired) electrons. The molecular weight excluding hydrogens is 328 g/mol. The van der Waals surface area contributed by atoms with Crippen molar-refractivity contribution in [2.75, 3.05) is 48.5 Å². The smallest absolute Gasteiger partial charge is 0.191 e. The van der Waals surface area contributed by atoms with Crippen LogP contribution in [0, 0.1) is 0 Å². The quantitative estimate of drug-likeness (QED) is 0.339. The van der Waals surface area contributed by atoms with Crippen LogP contribution >= 0.6 is 0 Å². The van der Waals surface area contributed by atoms with E-state index in [0.29, 0.717) is 6.54 Å². The molecule has 1 aromatic rings. The zero-order valence-corrected chi connectivity index (χ0v) is 17.1. The second-order valence-electron chi connectivity index (χ2n) is 6.60. The summed E-state index contributed by atoms with van der Waals surface area (Å²) in [5, 5.41) is 6.71.